The van der Waals surface area contributed by atoms with E-state index in [-0.39, 0.29) is 29.7 Å². The molecule has 2 amide bonds. The molecule has 27 heavy (non-hydrogen) atoms. The summed E-state index contributed by atoms with van der Waals surface area (Å²) in [5.41, 5.74) is 1.68. The van der Waals surface area contributed by atoms with E-state index in [4.69, 9.17) is 0 Å². The van der Waals surface area contributed by atoms with E-state index < -0.39 is 17.8 Å². The maximum absolute atomic E-state index is 13.0. The van der Waals surface area contributed by atoms with Crippen LogP contribution in [0.2, 0.25) is 0 Å². The number of fused-ring (bicyclic) bond motifs is 3. The molecule has 142 valence electrons. The van der Waals surface area contributed by atoms with Crippen LogP contribution in [0.3, 0.4) is 0 Å². The van der Waals surface area contributed by atoms with Crippen molar-refractivity contribution < 1.29 is 19.5 Å². The number of nitrogens with one attached hydrogen (secondary N) is 2. The van der Waals surface area contributed by atoms with Gasteiger partial charge in [-0.05, 0) is 55.9 Å². The fourth-order valence-electron chi connectivity index (χ4n) is 4.93. The number of hydrogen-bond acceptors (Lipinski definition) is 4. The number of carboxylic acid groups (broad SMARTS) is 1. The van der Waals surface area contributed by atoms with Crippen LogP contribution >= 0.6 is 11.3 Å². The molecule has 4 aliphatic rings. The molecule has 0 aromatic carbocycles. The van der Waals surface area contributed by atoms with Gasteiger partial charge in [0.15, 0.2) is 0 Å². The number of amides is 2. The zero-order chi connectivity index (χ0) is 18.7. The number of carbonyl (C=O) groups excluding carboxylic acids is 2. The van der Waals surface area contributed by atoms with Gasteiger partial charge in [0.2, 0.25) is 5.91 Å². The first-order valence-electron chi connectivity index (χ1n) is 9.70. The van der Waals surface area contributed by atoms with Gasteiger partial charge in [-0.2, -0.15) is 0 Å². The number of allylic oxidation sites excluding steroid dienone is 2. The van der Waals surface area contributed by atoms with Crippen molar-refractivity contribution in [3.63, 3.8) is 0 Å². The van der Waals surface area contributed by atoms with Crippen molar-refractivity contribution >= 4 is 34.1 Å². The summed E-state index contributed by atoms with van der Waals surface area (Å²) in [6.45, 7) is 0. The lowest BCUT2D eigenvalue weighted by atomic mass is 9.82. The summed E-state index contributed by atoms with van der Waals surface area (Å²) < 4.78 is 0. The predicted molar refractivity (Wildman–Crippen MR) is 101 cm³/mol. The molecule has 0 unspecified atom stereocenters. The molecule has 2 fully saturated rings. The first-order valence-corrected chi connectivity index (χ1v) is 10.5. The Balaban J connectivity index is 1.42. The molecule has 1 aromatic rings. The van der Waals surface area contributed by atoms with E-state index in [0.717, 1.165) is 44.1 Å². The molecule has 0 radical (unpaired) electrons. The number of carbonyl (C=O) groups is 3. The summed E-state index contributed by atoms with van der Waals surface area (Å²) >= 11 is 1.48. The van der Waals surface area contributed by atoms with Gasteiger partial charge in [0.05, 0.1) is 17.4 Å². The van der Waals surface area contributed by atoms with Gasteiger partial charge in [0.1, 0.15) is 5.00 Å². The van der Waals surface area contributed by atoms with Crippen LogP contribution in [0.25, 0.3) is 0 Å². The maximum atomic E-state index is 13.0. The highest BCUT2D eigenvalue weighted by molar-refractivity contribution is 7.17. The zero-order valence-corrected chi connectivity index (χ0v) is 15.7. The molecule has 2 saturated carbocycles. The molecule has 5 rings (SSSR count). The van der Waals surface area contributed by atoms with Gasteiger partial charge in [-0.25, -0.2) is 0 Å². The van der Waals surface area contributed by atoms with Crippen molar-refractivity contribution in [2.45, 2.75) is 44.6 Å². The van der Waals surface area contributed by atoms with Crippen LogP contribution in [-0.2, 0) is 22.4 Å². The monoisotopic (exact) mass is 386 g/mol. The normalized spacial score (nSPS) is 30.4. The summed E-state index contributed by atoms with van der Waals surface area (Å²) in [7, 11) is 0. The van der Waals surface area contributed by atoms with Gasteiger partial charge < -0.3 is 15.7 Å². The second kappa shape index (κ2) is 6.19. The highest BCUT2D eigenvalue weighted by Crippen LogP contribution is 2.49. The quantitative estimate of drug-likeness (QED) is 0.678. The molecule has 3 N–H and O–H groups in total. The summed E-state index contributed by atoms with van der Waals surface area (Å²) in [5, 5.41) is 16.2. The molecular weight excluding hydrogens is 364 g/mol. The summed E-state index contributed by atoms with van der Waals surface area (Å²) in [4.78, 5) is 38.7. The third kappa shape index (κ3) is 2.79. The zero-order valence-electron chi connectivity index (χ0n) is 14.9. The Morgan fingerprint density at radius 3 is 2.52 bits per heavy atom. The van der Waals surface area contributed by atoms with Crippen molar-refractivity contribution in [2.75, 3.05) is 5.32 Å². The number of hydrogen-bond donors (Lipinski definition) is 3. The Bertz CT molecular complexity index is 870. The molecule has 0 aliphatic heterocycles. The second-order valence-corrected chi connectivity index (χ2v) is 9.24. The topological polar surface area (TPSA) is 95.5 Å². The van der Waals surface area contributed by atoms with Crippen molar-refractivity contribution in [2.24, 2.45) is 23.7 Å². The fourth-order valence-corrected chi connectivity index (χ4v) is 6.22. The van der Waals surface area contributed by atoms with Crippen LogP contribution in [0.4, 0.5) is 5.00 Å². The Kier molecular flexibility index (Phi) is 3.89. The van der Waals surface area contributed by atoms with Gasteiger partial charge in [-0.1, -0.05) is 12.2 Å². The summed E-state index contributed by atoms with van der Waals surface area (Å²) in [6.07, 6.45) is 9.50. The molecule has 6 nitrogen and oxygen atoms in total. The van der Waals surface area contributed by atoms with E-state index in [2.05, 4.69) is 10.6 Å². The highest BCUT2D eigenvalue weighted by atomic mass is 32.1. The van der Waals surface area contributed by atoms with Gasteiger partial charge in [-0.3, -0.25) is 14.4 Å². The Morgan fingerprint density at radius 2 is 1.81 bits per heavy atom. The fraction of sp³-hybridized carbons (Fsp3) is 0.550. The molecule has 2 bridgehead atoms. The number of carboxylic acids is 1. The van der Waals surface area contributed by atoms with Crippen LogP contribution in [0.5, 0.6) is 0 Å². The average Bonchev–Trinajstić information content (AvgIpc) is 3.02. The van der Waals surface area contributed by atoms with Crippen molar-refractivity contribution in [3.05, 3.63) is 28.2 Å². The highest BCUT2D eigenvalue weighted by Gasteiger charge is 2.51. The predicted octanol–water partition coefficient (Wildman–Crippen LogP) is 2.59. The molecular formula is C20H22N2O4S. The largest absolute Gasteiger partial charge is 0.481 e. The van der Waals surface area contributed by atoms with Gasteiger partial charge in [0.25, 0.3) is 5.91 Å². The van der Waals surface area contributed by atoms with Gasteiger partial charge >= 0.3 is 5.97 Å². The minimum Gasteiger partial charge on any atom is -0.481 e. The van der Waals surface area contributed by atoms with Crippen molar-refractivity contribution in [3.8, 4) is 0 Å². The molecule has 0 saturated heterocycles. The first kappa shape index (κ1) is 17.0. The number of aryl methyl sites for hydroxylation is 1. The molecule has 0 spiro atoms. The van der Waals surface area contributed by atoms with Crippen LogP contribution in [-0.4, -0.2) is 28.9 Å². The van der Waals surface area contributed by atoms with Gasteiger partial charge in [-0.15, -0.1) is 11.3 Å². The Labute approximate surface area is 161 Å². The average molecular weight is 386 g/mol. The number of thiophene rings is 1. The van der Waals surface area contributed by atoms with E-state index >= 15 is 0 Å². The number of rotatable bonds is 5. The van der Waals surface area contributed by atoms with Crippen LogP contribution in [0.1, 0.15) is 46.5 Å². The Hall–Kier alpha value is -2.15. The van der Waals surface area contributed by atoms with E-state index in [0.29, 0.717) is 10.6 Å². The molecule has 7 heteroatoms. The number of aliphatic carboxylic acids is 1. The minimum absolute atomic E-state index is 0.0216. The van der Waals surface area contributed by atoms with Crippen LogP contribution in [0.15, 0.2) is 12.2 Å². The van der Waals surface area contributed by atoms with Crippen molar-refractivity contribution in [1.29, 1.82) is 0 Å². The first-order chi connectivity index (χ1) is 13.0. The van der Waals surface area contributed by atoms with E-state index in [1.54, 1.807) is 0 Å². The van der Waals surface area contributed by atoms with E-state index in [9.17, 15) is 19.5 Å². The van der Waals surface area contributed by atoms with Crippen molar-refractivity contribution in [1.82, 2.24) is 5.32 Å². The molecule has 1 aromatic heterocycles. The SMILES string of the molecule is O=C(NC1CC1)c1c(NC(=O)[C@@H]2[C@H](C(=O)O)[C@@H]3C=C[C@H]2C3)sc2c1CCC2. The van der Waals surface area contributed by atoms with Crippen LogP contribution in [0, 0.1) is 23.7 Å². The third-order valence-electron chi connectivity index (χ3n) is 6.34. The third-order valence-corrected chi connectivity index (χ3v) is 7.55. The summed E-state index contributed by atoms with van der Waals surface area (Å²) in [5.74, 6) is -2.59. The standard InChI is InChI=1S/C20H22N2O4S/c23-17(14-9-4-5-10(8-9)15(14)20(25)26)22-19-16(18(24)21-11-6-7-11)12-2-1-3-13(12)27-19/h4-5,9-11,14-15H,1-3,6-8H2,(H,21,24)(H,22,23)(H,25,26)/t9-,10+,14-,15+/m0/s1. The smallest absolute Gasteiger partial charge is 0.307 e. The molecule has 4 aliphatic carbocycles. The number of anilines is 1. The maximum Gasteiger partial charge on any atom is 0.307 e. The molecule has 1 heterocycles. The van der Waals surface area contributed by atoms with E-state index in [1.807, 2.05) is 12.2 Å². The lowest BCUT2D eigenvalue weighted by molar-refractivity contribution is -0.146. The second-order valence-electron chi connectivity index (χ2n) is 8.14. The molecule has 4 atom stereocenters. The lowest BCUT2D eigenvalue weighted by Crippen LogP contribution is -2.36. The van der Waals surface area contributed by atoms with Crippen LogP contribution < -0.4 is 10.6 Å². The Morgan fingerprint density at radius 1 is 1.07 bits per heavy atom. The van der Waals surface area contributed by atoms with Gasteiger partial charge in [0, 0.05) is 10.9 Å². The minimum atomic E-state index is -0.910. The summed E-state index contributed by atoms with van der Waals surface area (Å²) in [6, 6.07) is 0.255. The van der Waals surface area contributed by atoms with E-state index in [1.165, 1.54) is 16.2 Å². The lowest BCUT2D eigenvalue weighted by Gasteiger charge is -2.23.